The first-order chi connectivity index (χ1) is 12.3. The molecular formula is C17H17N7S. The minimum absolute atomic E-state index is 0.272. The van der Waals surface area contributed by atoms with Gasteiger partial charge in [-0.1, -0.05) is 19.3 Å². The van der Waals surface area contributed by atoms with Gasteiger partial charge in [-0.05, 0) is 36.3 Å². The number of hydrogen-bond acceptors (Lipinski definition) is 7. The summed E-state index contributed by atoms with van der Waals surface area (Å²) in [5, 5.41) is 27.1. The second-order valence-electron chi connectivity index (χ2n) is 6.12. The number of aromatic amines is 1. The van der Waals surface area contributed by atoms with Crippen LogP contribution in [-0.4, -0.2) is 25.6 Å². The number of allylic oxidation sites excluding steroid dienone is 1. The highest BCUT2D eigenvalue weighted by molar-refractivity contribution is 7.18. The maximum Gasteiger partial charge on any atom is 0.216 e. The standard InChI is InChI=1S/C17H17N7S/c18-9-12(16-21-23-24-22-16)10-19-13-6-7-14-15(8-13)25-17(20-14)11-4-2-1-3-5-11/h6-8,10-11,19H,1-5H2,(H,21,22,23,24). The molecule has 1 aliphatic carbocycles. The molecule has 8 heteroatoms. The quantitative estimate of drug-likeness (QED) is 0.692. The number of nitriles is 1. The van der Waals surface area contributed by atoms with E-state index in [0.717, 1.165) is 15.9 Å². The Bertz CT molecular complexity index is 930. The molecule has 7 nitrogen and oxygen atoms in total. The number of nitrogens with zero attached hydrogens (tertiary/aromatic N) is 5. The monoisotopic (exact) mass is 351 g/mol. The summed E-state index contributed by atoms with van der Waals surface area (Å²) in [5.41, 5.74) is 2.27. The van der Waals surface area contributed by atoms with Crippen molar-refractivity contribution in [1.82, 2.24) is 25.6 Å². The van der Waals surface area contributed by atoms with Crippen LogP contribution in [0.3, 0.4) is 0 Å². The van der Waals surface area contributed by atoms with Crippen LogP contribution in [0.2, 0.25) is 0 Å². The van der Waals surface area contributed by atoms with Crippen molar-refractivity contribution in [2.45, 2.75) is 38.0 Å². The first-order valence-electron chi connectivity index (χ1n) is 8.34. The summed E-state index contributed by atoms with van der Waals surface area (Å²) in [6.45, 7) is 0. The molecule has 1 aromatic carbocycles. The molecule has 2 N–H and O–H groups in total. The number of aromatic nitrogens is 5. The van der Waals surface area contributed by atoms with Crippen LogP contribution in [-0.2, 0) is 0 Å². The lowest BCUT2D eigenvalue weighted by atomic mass is 9.90. The molecule has 126 valence electrons. The third kappa shape index (κ3) is 3.37. The van der Waals surface area contributed by atoms with Gasteiger partial charge in [0.05, 0.1) is 15.2 Å². The van der Waals surface area contributed by atoms with Gasteiger partial charge >= 0.3 is 0 Å². The van der Waals surface area contributed by atoms with E-state index >= 15 is 0 Å². The van der Waals surface area contributed by atoms with E-state index in [1.165, 1.54) is 37.1 Å². The van der Waals surface area contributed by atoms with Crippen molar-refractivity contribution in [2.75, 3.05) is 5.32 Å². The van der Waals surface area contributed by atoms with Crippen LogP contribution in [0.15, 0.2) is 24.4 Å². The van der Waals surface area contributed by atoms with Crippen molar-refractivity contribution < 1.29 is 0 Å². The van der Waals surface area contributed by atoms with Gasteiger partial charge in [0, 0.05) is 17.8 Å². The topological polar surface area (TPSA) is 103 Å². The minimum atomic E-state index is 0.272. The summed E-state index contributed by atoms with van der Waals surface area (Å²) in [7, 11) is 0. The number of fused-ring (bicyclic) bond motifs is 1. The lowest BCUT2D eigenvalue weighted by Crippen LogP contribution is -2.03. The number of H-pyrrole nitrogens is 1. The van der Waals surface area contributed by atoms with Gasteiger partial charge in [-0.2, -0.15) is 10.5 Å². The fraction of sp³-hybridized carbons (Fsp3) is 0.353. The lowest BCUT2D eigenvalue weighted by Gasteiger charge is -2.18. The van der Waals surface area contributed by atoms with Crippen molar-refractivity contribution in [3.05, 3.63) is 35.2 Å². The number of tetrazole rings is 1. The van der Waals surface area contributed by atoms with Gasteiger partial charge in [-0.25, -0.2) is 4.98 Å². The van der Waals surface area contributed by atoms with Gasteiger partial charge in [-0.3, -0.25) is 0 Å². The Kier molecular flexibility index (Phi) is 4.39. The van der Waals surface area contributed by atoms with E-state index in [-0.39, 0.29) is 5.82 Å². The van der Waals surface area contributed by atoms with Crippen molar-refractivity contribution in [3.63, 3.8) is 0 Å². The zero-order chi connectivity index (χ0) is 17.1. The molecular weight excluding hydrogens is 334 g/mol. The van der Waals surface area contributed by atoms with Crippen LogP contribution in [0.4, 0.5) is 5.69 Å². The van der Waals surface area contributed by atoms with Crippen LogP contribution in [0.25, 0.3) is 15.8 Å². The average Bonchev–Trinajstić information content (AvgIpc) is 3.32. The third-order valence-electron chi connectivity index (χ3n) is 4.45. The van der Waals surface area contributed by atoms with Gasteiger partial charge in [0.15, 0.2) is 0 Å². The van der Waals surface area contributed by atoms with Gasteiger partial charge in [0.1, 0.15) is 11.6 Å². The summed E-state index contributed by atoms with van der Waals surface area (Å²) in [6.07, 6.45) is 8.07. The van der Waals surface area contributed by atoms with Crippen molar-refractivity contribution in [1.29, 1.82) is 5.26 Å². The molecule has 0 aliphatic heterocycles. The molecule has 3 aromatic rings. The number of rotatable bonds is 4. The Morgan fingerprint density at radius 2 is 2.20 bits per heavy atom. The van der Waals surface area contributed by atoms with Crippen LogP contribution < -0.4 is 5.32 Å². The van der Waals surface area contributed by atoms with E-state index in [1.807, 2.05) is 12.1 Å². The molecule has 1 fully saturated rings. The third-order valence-corrected chi connectivity index (χ3v) is 5.63. The number of hydrogen-bond donors (Lipinski definition) is 2. The highest BCUT2D eigenvalue weighted by Crippen LogP contribution is 2.37. The van der Waals surface area contributed by atoms with Crippen molar-refractivity contribution in [2.24, 2.45) is 0 Å². The molecule has 2 aromatic heterocycles. The second kappa shape index (κ2) is 6.99. The first kappa shape index (κ1) is 15.7. The molecule has 1 saturated carbocycles. The van der Waals surface area contributed by atoms with E-state index in [4.69, 9.17) is 4.98 Å². The number of anilines is 1. The zero-order valence-electron chi connectivity index (χ0n) is 13.6. The molecule has 0 unspecified atom stereocenters. The van der Waals surface area contributed by atoms with E-state index < -0.39 is 0 Å². The Morgan fingerprint density at radius 3 is 2.96 bits per heavy atom. The highest BCUT2D eigenvalue weighted by Gasteiger charge is 2.19. The number of thiazole rings is 1. The molecule has 4 rings (SSSR count). The van der Waals surface area contributed by atoms with E-state index in [9.17, 15) is 5.26 Å². The van der Waals surface area contributed by atoms with Crippen LogP contribution in [0, 0.1) is 11.3 Å². The Morgan fingerprint density at radius 1 is 1.32 bits per heavy atom. The minimum Gasteiger partial charge on any atom is -0.360 e. The molecule has 0 radical (unpaired) electrons. The lowest BCUT2D eigenvalue weighted by molar-refractivity contribution is 0.443. The second-order valence-corrected chi connectivity index (χ2v) is 7.18. The van der Waals surface area contributed by atoms with Crippen LogP contribution >= 0.6 is 11.3 Å². The smallest absolute Gasteiger partial charge is 0.216 e. The largest absolute Gasteiger partial charge is 0.360 e. The SMILES string of the molecule is N#CC(=CNc1ccc2nc(C3CCCCC3)sc2c1)c1nn[nH]n1. The molecule has 2 heterocycles. The van der Waals surface area contributed by atoms with Crippen LogP contribution in [0.5, 0.6) is 0 Å². The summed E-state index contributed by atoms with van der Waals surface area (Å²) in [6, 6.07) is 8.12. The fourth-order valence-corrected chi connectivity index (χ4v) is 4.31. The Balaban J connectivity index is 1.55. The molecule has 25 heavy (non-hydrogen) atoms. The Labute approximate surface area is 148 Å². The molecule has 0 amide bonds. The van der Waals surface area contributed by atoms with Gasteiger partial charge < -0.3 is 5.32 Å². The van der Waals surface area contributed by atoms with Crippen molar-refractivity contribution in [3.8, 4) is 6.07 Å². The van der Waals surface area contributed by atoms with E-state index in [0.29, 0.717) is 11.5 Å². The number of nitrogens with one attached hydrogen (secondary N) is 2. The summed E-state index contributed by atoms with van der Waals surface area (Å²) in [5.74, 6) is 0.888. The maximum atomic E-state index is 9.21. The summed E-state index contributed by atoms with van der Waals surface area (Å²) >= 11 is 1.78. The van der Waals surface area contributed by atoms with Gasteiger partial charge in [-0.15, -0.1) is 21.5 Å². The first-order valence-corrected chi connectivity index (χ1v) is 9.16. The predicted molar refractivity (Wildman–Crippen MR) is 96.8 cm³/mol. The molecule has 0 bridgehead atoms. The Hall–Kier alpha value is -2.79. The van der Waals surface area contributed by atoms with E-state index in [2.05, 4.69) is 38.1 Å². The summed E-state index contributed by atoms with van der Waals surface area (Å²) in [4.78, 5) is 4.82. The molecule has 0 atom stereocenters. The molecule has 0 saturated heterocycles. The summed E-state index contributed by atoms with van der Waals surface area (Å²) < 4.78 is 1.16. The fourth-order valence-electron chi connectivity index (χ4n) is 3.13. The average molecular weight is 351 g/mol. The van der Waals surface area contributed by atoms with Crippen LogP contribution in [0.1, 0.15) is 48.9 Å². The predicted octanol–water partition coefficient (Wildman–Crippen LogP) is 3.83. The van der Waals surface area contributed by atoms with Gasteiger partial charge in [0.2, 0.25) is 5.82 Å². The maximum absolute atomic E-state index is 9.21. The molecule has 1 aliphatic rings. The molecule has 0 spiro atoms. The van der Waals surface area contributed by atoms with E-state index in [1.54, 1.807) is 17.5 Å². The normalized spacial score (nSPS) is 16.0. The van der Waals surface area contributed by atoms with Gasteiger partial charge in [0.25, 0.3) is 0 Å². The zero-order valence-corrected chi connectivity index (χ0v) is 14.4. The highest BCUT2D eigenvalue weighted by atomic mass is 32.1. The van der Waals surface area contributed by atoms with Crippen molar-refractivity contribution >= 4 is 32.8 Å². The number of benzene rings is 1.